The van der Waals surface area contributed by atoms with Crippen molar-refractivity contribution in [3.63, 3.8) is 0 Å². The molecule has 1 aromatic rings. The second-order valence-corrected chi connectivity index (χ2v) is 5.07. The summed E-state index contributed by atoms with van der Waals surface area (Å²) in [5, 5.41) is 0. The third-order valence-electron chi connectivity index (χ3n) is 3.83. The summed E-state index contributed by atoms with van der Waals surface area (Å²) in [6, 6.07) is 3.34. The molecule has 0 spiro atoms. The Morgan fingerprint density at radius 2 is 1.62 bits per heavy atom. The maximum absolute atomic E-state index is 12.7. The van der Waals surface area contributed by atoms with Crippen LogP contribution in [0.15, 0.2) is 12.1 Å². The number of hydrogen-bond donors (Lipinski definition) is 1. The Balaban J connectivity index is 2.17. The second kappa shape index (κ2) is 5.91. The van der Waals surface area contributed by atoms with Crippen LogP contribution in [0.1, 0.15) is 12.8 Å². The van der Waals surface area contributed by atoms with Crippen molar-refractivity contribution in [2.75, 3.05) is 37.9 Å². The summed E-state index contributed by atoms with van der Waals surface area (Å²) in [5.74, 6) is -0.210. The largest absolute Gasteiger partial charge is 0.493 e. The predicted molar refractivity (Wildman–Crippen MR) is 75.0 cm³/mol. The van der Waals surface area contributed by atoms with E-state index in [1.54, 1.807) is 12.1 Å². The van der Waals surface area contributed by atoms with E-state index in [1.165, 1.54) is 14.2 Å². The molecule has 1 fully saturated rings. The number of nitrogen functional groups attached to an aromatic ring is 1. The van der Waals surface area contributed by atoms with Crippen molar-refractivity contribution in [2.45, 2.75) is 19.0 Å². The summed E-state index contributed by atoms with van der Waals surface area (Å²) in [4.78, 5) is 1.86. The number of alkyl halides is 3. The van der Waals surface area contributed by atoms with Crippen LogP contribution in [0.4, 0.5) is 24.5 Å². The molecule has 7 heteroatoms. The first-order valence-corrected chi connectivity index (χ1v) is 6.70. The third kappa shape index (κ3) is 3.28. The van der Waals surface area contributed by atoms with Gasteiger partial charge in [0.25, 0.3) is 0 Å². The van der Waals surface area contributed by atoms with Crippen molar-refractivity contribution in [3.8, 4) is 11.5 Å². The van der Waals surface area contributed by atoms with Crippen LogP contribution in [-0.4, -0.2) is 33.5 Å². The first-order chi connectivity index (χ1) is 9.86. The Hall–Kier alpha value is -1.79. The lowest BCUT2D eigenvalue weighted by Crippen LogP contribution is -2.39. The lowest BCUT2D eigenvalue weighted by atomic mass is 9.96. The number of nitrogens with zero attached hydrogens (tertiary/aromatic N) is 1. The first kappa shape index (κ1) is 15.6. The molecule has 0 amide bonds. The number of methoxy groups -OCH3 is 2. The van der Waals surface area contributed by atoms with E-state index in [-0.39, 0.29) is 12.8 Å². The van der Waals surface area contributed by atoms with E-state index in [4.69, 9.17) is 15.2 Å². The molecule has 0 atom stereocenters. The van der Waals surface area contributed by atoms with Crippen LogP contribution in [0.25, 0.3) is 0 Å². The Morgan fingerprint density at radius 1 is 1.10 bits per heavy atom. The van der Waals surface area contributed by atoms with Gasteiger partial charge in [-0.25, -0.2) is 0 Å². The predicted octanol–water partition coefficient (Wildman–Crippen LogP) is 3.06. The molecule has 2 rings (SSSR count). The molecule has 1 heterocycles. The number of nitrogens with two attached hydrogens (primary N) is 1. The summed E-state index contributed by atoms with van der Waals surface area (Å²) < 4.78 is 48.4. The number of halogens is 3. The second-order valence-electron chi connectivity index (χ2n) is 5.07. The van der Waals surface area contributed by atoms with Gasteiger partial charge < -0.3 is 20.1 Å². The minimum Gasteiger partial charge on any atom is -0.493 e. The van der Waals surface area contributed by atoms with Gasteiger partial charge in [-0.15, -0.1) is 0 Å². The quantitative estimate of drug-likeness (QED) is 0.872. The average molecular weight is 304 g/mol. The minimum absolute atomic E-state index is 0.0806. The molecule has 1 aliphatic heterocycles. The zero-order valence-electron chi connectivity index (χ0n) is 12.0. The number of rotatable bonds is 3. The molecule has 1 saturated heterocycles. The van der Waals surface area contributed by atoms with E-state index >= 15 is 0 Å². The van der Waals surface area contributed by atoms with Crippen molar-refractivity contribution in [1.82, 2.24) is 0 Å². The van der Waals surface area contributed by atoms with Crippen molar-refractivity contribution < 1.29 is 22.6 Å². The smallest absolute Gasteiger partial charge is 0.391 e. The van der Waals surface area contributed by atoms with E-state index in [0.717, 1.165) is 0 Å². The third-order valence-corrected chi connectivity index (χ3v) is 3.83. The van der Waals surface area contributed by atoms with Crippen LogP contribution >= 0.6 is 0 Å². The molecule has 0 aromatic heterocycles. The van der Waals surface area contributed by atoms with Crippen LogP contribution in [0, 0.1) is 5.92 Å². The Labute approximate surface area is 121 Å². The standard InChI is InChI=1S/C14H19F3N2O2/c1-20-12-7-10(18)11(8-13(12)21-2)19-5-3-9(4-6-19)14(15,16)17/h7-9H,3-6,18H2,1-2H3. The maximum Gasteiger partial charge on any atom is 0.391 e. The average Bonchev–Trinajstić information content (AvgIpc) is 2.46. The maximum atomic E-state index is 12.7. The van der Waals surface area contributed by atoms with Gasteiger partial charge in [0.15, 0.2) is 11.5 Å². The number of hydrogen-bond acceptors (Lipinski definition) is 4. The lowest BCUT2D eigenvalue weighted by Gasteiger charge is -2.35. The molecule has 2 N–H and O–H groups in total. The number of piperidine rings is 1. The molecule has 1 aliphatic rings. The highest BCUT2D eigenvalue weighted by Crippen LogP contribution is 2.40. The number of benzene rings is 1. The normalized spacial score (nSPS) is 16.9. The van der Waals surface area contributed by atoms with E-state index in [9.17, 15) is 13.2 Å². The van der Waals surface area contributed by atoms with Gasteiger partial charge in [0, 0.05) is 25.2 Å². The van der Waals surface area contributed by atoms with Crippen LogP contribution < -0.4 is 20.1 Å². The minimum atomic E-state index is -4.12. The fraction of sp³-hybridized carbons (Fsp3) is 0.571. The summed E-state index contributed by atoms with van der Waals surface area (Å²) in [6.07, 6.45) is -3.95. The van der Waals surface area contributed by atoms with E-state index in [2.05, 4.69) is 0 Å². The SMILES string of the molecule is COc1cc(N)c(N2CCC(C(F)(F)F)CC2)cc1OC. The van der Waals surface area contributed by atoms with Crippen molar-refractivity contribution in [2.24, 2.45) is 5.92 Å². The highest BCUT2D eigenvalue weighted by molar-refractivity contribution is 5.73. The fourth-order valence-corrected chi connectivity index (χ4v) is 2.61. The summed E-state index contributed by atoms with van der Waals surface area (Å²) in [6.45, 7) is 0.647. The molecule has 0 radical (unpaired) electrons. The molecule has 0 unspecified atom stereocenters. The molecule has 4 nitrogen and oxygen atoms in total. The Morgan fingerprint density at radius 3 is 2.10 bits per heavy atom. The van der Waals surface area contributed by atoms with Gasteiger partial charge in [0.1, 0.15) is 0 Å². The van der Waals surface area contributed by atoms with Gasteiger partial charge in [-0.3, -0.25) is 0 Å². The number of ether oxygens (including phenoxy) is 2. The zero-order chi connectivity index (χ0) is 15.6. The molecule has 1 aromatic carbocycles. The highest BCUT2D eigenvalue weighted by Gasteiger charge is 2.41. The van der Waals surface area contributed by atoms with Crippen molar-refractivity contribution in [1.29, 1.82) is 0 Å². The van der Waals surface area contributed by atoms with E-state index in [0.29, 0.717) is 36.0 Å². The topological polar surface area (TPSA) is 47.7 Å². The van der Waals surface area contributed by atoms with Gasteiger partial charge in [0.2, 0.25) is 0 Å². The fourth-order valence-electron chi connectivity index (χ4n) is 2.61. The summed E-state index contributed by atoms with van der Waals surface area (Å²) in [5.41, 5.74) is 7.13. The summed E-state index contributed by atoms with van der Waals surface area (Å²) in [7, 11) is 3.01. The van der Waals surface area contributed by atoms with Gasteiger partial charge in [0.05, 0.1) is 31.5 Å². The first-order valence-electron chi connectivity index (χ1n) is 6.70. The zero-order valence-corrected chi connectivity index (χ0v) is 12.0. The number of anilines is 2. The molecular formula is C14H19F3N2O2. The molecular weight excluding hydrogens is 285 g/mol. The van der Waals surface area contributed by atoms with Crippen LogP contribution in [-0.2, 0) is 0 Å². The molecule has 118 valence electrons. The highest BCUT2D eigenvalue weighted by atomic mass is 19.4. The molecule has 0 saturated carbocycles. The van der Waals surface area contributed by atoms with E-state index < -0.39 is 12.1 Å². The van der Waals surface area contributed by atoms with Crippen LogP contribution in [0.5, 0.6) is 11.5 Å². The van der Waals surface area contributed by atoms with Gasteiger partial charge in [-0.2, -0.15) is 13.2 Å². The van der Waals surface area contributed by atoms with E-state index in [1.807, 2.05) is 4.90 Å². The van der Waals surface area contributed by atoms with Crippen molar-refractivity contribution >= 4 is 11.4 Å². The van der Waals surface area contributed by atoms with Crippen LogP contribution in [0.3, 0.4) is 0 Å². The Kier molecular flexibility index (Phi) is 4.39. The molecule has 0 bridgehead atoms. The lowest BCUT2D eigenvalue weighted by molar-refractivity contribution is -0.179. The Bertz CT molecular complexity index is 498. The monoisotopic (exact) mass is 304 g/mol. The summed E-state index contributed by atoms with van der Waals surface area (Å²) >= 11 is 0. The van der Waals surface area contributed by atoms with Gasteiger partial charge >= 0.3 is 6.18 Å². The van der Waals surface area contributed by atoms with Crippen LogP contribution in [0.2, 0.25) is 0 Å². The molecule has 21 heavy (non-hydrogen) atoms. The van der Waals surface area contributed by atoms with Crippen molar-refractivity contribution in [3.05, 3.63) is 12.1 Å². The van der Waals surface area contributed by atoms with Gasteiger partial charge in [-0.05, 0) is 12.8 Å². The molecule has 0 aliphatic carbocycles. The van der Waals surface area contributed by atoms with Gasteiger partial charge in [-0.1, -0.05) is 0 Å².